The Bertz CT molecular complexity index is 623. The zero-order valence-corrected chi connectivity index (χ0v) is 12.9. The van der Waals surface area contributed by atoms with Crippen LogP contribution in [0, 0.1) is 0 Å². The summed E-state index contributed by atoms with van der Waals surface area (Å²) in [5.41, 5.74) is 0.0661. The summed E-state index contributed by atoms with van der Waals surface area (Å²) in [6.07, 6.45) is 0.416. The van der Waals surface area contributed by atoms with E-state index in [2.05, 4.69) is 5.32 Å². The number of hydrogen-bond donors (Lipinski definition) is 1. The lowest BCUT2D eigenvalue weighted by molar-refractivity contribution is -0.131. The highest BCUT2D eigenvalue weighted by atomic mass is 16.6. The molecule has 2 aliphatic heterocycles. The number of piperidine rings is 1. The van der Waals surface area contributed by atoms with Gasteiger partial charge in [0.1, 0.15) is 12.1 Å². The predicted octanol–water partition coefficient (Wildman–Crippen LogP) is 1.34. The molecule has 2 fully saturated rings. The van der Waals surface area contributed by atoms with Crippen molar-refractivity contribution in [3.8, 4) is 0 Å². The standard InChI is InChI=1S/C16H19N3O4/c1-18-13(20)16(17-14(18)21)7-9-19(10-8-16)15(22)23-11-12-5-3-2-4-6-12/h2-6H,7-11H2,1H3,(H,17,21). The van der Waals surface area contributed by atoms with E-state index < -0.39 is 11.6 Å². The molecule has 1 spiro atoms. The fourth-order valence-corrected chi connectivity index (χ4v) is 2.98. The minimum atomic E-state index is -0.859. The van der Waals surface area contributed by atoms with Crippen molar-refractivity contribution in [2.24, 2.45) is 0 Å². The van der Waals surface area contributed by atoms with Gasteiger partial charge in [-0.25, -0.2) is 9.59 Å². The van der Waals surface area contributed by atoms with Crippen LogP contribution in [0.2, 0.25) is 0 Å². The van der Waals surface area contributed by atoms with E-state index in [-0.39, 0.29) is 18.5 Å². The Kier molecular flexibility index (Phi) is 3.94. The average Bonchev–Trinajstić information content (AvgIpc) is 2.78. The molecule has 2 saturated heterocycles. The zero-order chi connectivity index (χ0) is 16.4. The first kappa shape index (κ1) is 15.3. The van der Waals surface area contributed by atoms with Gasteiger partial charge in [-0.1, -0.05) is 30.3 Å². The lowest BCUT2D eigenvalue weighted by Crippen LogP contribution is -2.55. The van der Waals surface area contributed by atoms with Crippen molar-refractivity contribution in [3.05, 3.63) is 35.9 Å². The molecule has 0 aromatic heterocycles. The summed E-state index contributed by atoms with van der Waals surface area (Å²) >= 11 is 0. The van der Waals surface area contributed by atoms with Gasteiger partial charge in [-0.3, -0.25) is 9.69 Å². The average molecular weight is 317 g/mol. The second-order valence-corrected chi connectivity index (χ2v) is 5.90. The van der Waals surface area contributed by atoms with E-state index in [1.54, 1.807) is 4.90 Å². The molecule has 7 heteroatoms. The molecule has 23 heavy (non-hydrogen) atoms. The van der Waals surface area contributed by atoms with Crippen molar-refractivity contribution in [2.75, 3.05) is 20.1 Å². The normalized spacial score (nSPS) is 19.9. The zero-order valence-electron chi connectivity index (χ0n) is 12.9. The van der Waals surface area contributed by atoms with Crippen molar-refractivity contribution in [2.45, 2.75) is 25.0 Å². The number of nitrogens with zero attached hydrogens (tertiary/aromatic N) is 2. The molecule has 0 atom stereocenters. The molecule has 7 nitrogen and oxygen atoms in total. The van der Waals surface area contributed by atoms with Crippen LogP contribution in [0.4, 0.5) is 9.59 Å². The number of carbonyl (C=O) groups excluding carboxylic acids is 3. The minimum Gasteiger partial charge on any atom is -0.445 e. The Balaban J connectivity index is 1.54. The van der Waals surface area contributed by atoms with Crippen LogP contribution in [0.25, 0.3) is 0 Å². The van der Waals surface area contributed by atoms with Gasteiger partial charge in [0.25, 0.3) is 5.91 Å². The molecule has 1 aromatic carbocycles. The summed E-state index contributed by atoms with van der Waals surface area (Å²) < 4.78 is 5.29. The van der Waals surface area contributed by atoms with Crippen LogP contribution in [0.3, 0.4) is 0 Å². The first-order valence-corrected chi connectivity index (χ1v) is 7.58. The SMILES string of the molecule is CN1C(=O)NC2(CCN(C(=O)OCc3ccccc3)CC2)C1=O. The van der Waals surface area contributed by atoms with E-state index in [0.29, 0.717) is 25.9 Å². The number of benzene rings is 1. The van der Waals surface area contributed by atoms with Crippen LogP contribution in [-0.4, -0.2) is 53.5 Å². The minimum absolute atomic E-state index is 0.222. The lowest BCUT2D eigenvalue weighted by atomic mass is 9.88. The quantitative estimate of drug-likeness (QED) is 0.835. The lowest BCUT2D eigenvalue weighted by Gasteiger charge is -2.36. The molecule has 4 amide bonds. The summed E-state index contributed by atoms with van der Waals surface area (Å²) in [6.45, 7) is 0.987. The third-order valence-electron chi connectivity index (χ3n) is 4.45. The molecule has 0 saturated carbocycles. The second kappa shape index (κ2) is 5.91. The summed E-state index contributed by atoms with van der Waals surface area (Å²) in [5, 5.41) is 2.74. The van der Waals surface area contributed by atoms with Gasteiger partial charge in [0.15, 0.2) is 0 Å². The first-order chi connectivity index (χ1) is 11.0. The van der Waals surface area contributed by atoms with Crippen molar-refractivity contribution in [3.63, 3.8) is 0 Å². The summed E-state index contributed by atoms with van der Waals surface area (Å²) in [7, 11) is 1.47. The number of hydrogen-bond acceptors (Lipinski definition) is 4. The van der Waals surface area contributed by atoms with Crippen LogP contribution in [-0.2, 0) is 16.1 Å². The number of likely N-dealkylation sites (tertiary alicyclic amines) is 1. The molecule has 0 unspecified atom stereocenters. The molecule has 2 aliphatic rings. The van der Waals surface area contributed by atoms with E-state index in [4.69, 9.17) is 4.74 Å². The van der Waals surface area contributed by atoms with Crippen molar-refractivity contribution < 1.29 is 19.1 Å². The molecule has 3 rings (SSSR count). The topological polar surface area (TPSA) is 79.0 Å². The first-order valence-electron chi connectivity index (χ1n) is 7.58. The van der Waals surface area contributed by atoms with Gasteiger partial charge in [-0.05, 0) is 18.4 Å². The van der Waals surface area contributed by atoms with Crippen LogP contribution < -0.4 is 5.32 Å². The number of urea groups is 1. The molecule has 1 N–H and O–H groups in total. The van der Waals surface area contributed by atoms with E-state index in [1.165, 1.54) is 7.05 Å². The van der Waals surface area contributed by atoms with Gasteiger partial charge in [-0.15, -0.1) is 0 Å². The molecule has 0 bridgehead atoms. The molecular formula is C16H19N3O4. The van der Waals surface area contributed by atoms with E-state index in [9.17, 15) is 14.4 Å². The fourth-order valence-electron chi connectivity index (χ4n) is 2.98. The smallest absolute Gasteiger partial charge is 0.410 e. The summed E-state index contributed by atoms with van der Waals surface area (Å²) in [4.78, 5) is 38.6. The van der Waals surface area contributed by atoms with Gasteiger partial charge < -0.3 is 15.0 Å². The maximum atomic E-state index is 12.2. The van der Waals surface area contributed by atoms with Gasteiger partial charge in [0, 0.05) is 20.1 Å². The number of ether oxygens (including phenoxy) is 1. The van der Waals surface area contributed by atoms with Crippen LogP contribution in [0.15, 0.2) is 30.3 Å². The highest BCUT2D eigenvalue weighted by Crippen LogP contribution is 2.29. The number of imide groups is 1. The number of rotatable bonds is 2. The molecule has 1 aromatic rings. The van der Waals surface area contributed by atoms with Gasteiger partial charge in [0.05, 0.1) is 0 Å². The van der Waals surface area contributed by atoms with Gasteiger partial charge in [-0.2, -0.15) is 0 Å². The molecule has 0 radical (unpaired) electrons. The number of carbonyl (C=O) groups is 3. The van der Waals surface area contributed by atoms with E-state index in [1.807, 2.05) is 30.3 Å². The van der Waals surface area contributed by atoms with Gasteiger partial charge in [0.2, 0.25) is 0 Å². The van der Waals surface area contributed by atoms with Crippen molar-refractivity contribution in [1.82, 2.24) is 15.1 Å². The summed E-state index contributed by atoms with van der Waals surface area (Å²) in [6, 6.07) is 9.08. The second-order valence-electron chi connectivity index (χ2n) is 5.90. The van der Waals surface area contributed by atoms with Crippen LogP contribution >= 0.6 is 0 Å². The van der Waals surface area contributed by atoms with Gasteiger partial charge >= 0.3 is 12.1 Å². The highest BCUT2D eigenvalue weighted by molar-refractivity contribution is 6.06. The maximum Gasteiger partial charge on any atom is 0.410 e. The van der Waals surface area contributed by atoms with Crippen LogP contribution in [0.1, 0.15) is 18.4 Å². The number of nitrogens with one attached hydrogen (secondary N) is 1. The van der Waals surface area contributed by atoms with Crippen molar-refractivity contribution in [1.29, 1.82) is 0 Å². The van der Waals surface area contributed by atoms with E-state index in [0.717, 1.165) is 10.5 Å². The largest absolute Gasteiger partial charge is 0.445 e. The third kappa shape index (κ3) is 2.86. The Labute approximate surface area is 134 Å². The third-order valence-corrected chi connectivity index (χ3v) is 4.45. The maximum absolute atomic E-state index is 12.2. The number of amides is 4. The fraction of sp³-hybridized carbons (Fsp3) is 0.438. The van der Waals surface area contributed by atoms with Crippen molar-refractivity contribution >= 4 is 18.0 Å². The van der Waals surface area contributed by atoms with E-state index >= 15 is 0 Å². The summed E-state index contributed by atoms with van der Waals surface area (Å²) in [5.74, 6) is -0.222. The Morgan fingerprint density at radius 2 is 1.87 bits per heavy atom. The predicted molar refractivity (Wildman–Crippen MR) is 81.5 cm³/mol. The molecule has 122 valence electrons. The highest BCUT2D eigenvalue weighted by Gasteiger charge is 2.51. The molecule has 2 heterocycles. The monoisotopic (exact) mass is 317 g/mol. The Morgan fingerprint density at radius 1 is 1.22 bits per heavy atom. The Morgan fingerprint density at radius 3 is 2.43 bits per heavy atom. The molecular weight excluding hydrogens is 298 g/mol. The number of likely N-dealkylation sites (N-methyl/N-ethyl adjacent to an activating group) is 1. The van der Waals surface area contributed by atoms with Crippen LogP contribution in [0.5, 0.6) is 0 Å². The Hall–Kier alpha value is -2.57. The molecule has 0 aliphatic carbocycles.